The van der Waals surface area contributed by atoms with Gasteiger partial charge in [-0.3, -0.25) is 0 Å². The van der Waals surface area contributed by atoms with E-state index in [0.717, 1.165) is 0 Å². The predicted octanol–water partition coefficient (Wildman–Crippen LogP) is 3.42. The summed E-state index contributed by atoms with van der Waals surface area (Å²) in [7, 11) is 0. The molecule has 0 radical (unpaired) electrons. The smallest absolute Gasteiger partial charge is 0.340 e. The minimum absolute atomic E-state index is 0.0152. The molecule has 0 bridgehead atoms. The summed E-state index contributed by atoms with van der Waals surface area (Å²) in [5.41, 5.74) is 6.72. The topological polar surface area (TPSA) is 52.3 Å². The van der Waals surface area contributed by atoms with Crippen LogP contribution in [0.25, 0.3) is 0 Å². The number of benzene rings is 2. The summed E-state index contributed by atoms with van der Waals surface area (Å²) in [4.78, 5) is 11.8. The third kappa shape index (κ3) is 3.45. The molecular weight excluding hydrogens is 269 g/mol. The van der Waals surface area contributed by atoms with Gasteiger partial charge in [0.1, 0.15) is 12.4 Å². The van der Waals surface area contributed by atoms with Crippen molar-refractivity contribution in [2.75, 3.05) is 5.73 Å². The highest BCUT2D eigenvalue weighted by Gasteiger charge is 2.11. The third-order valence-electron chi connectivity index (χ3n) is 2.49. The van der Waals surface area contributed by atoms with Crippen molar-refractivity contribution in [1.29, 1.82) is 0 Å². The van der Waals surface area contributed by atoms with Gasteiger partial charge < -0.3 is 10.5 Å². The van der Waals surface area contributed by atoms with Crippen LogP contribution in [0, 0.1) is 5.82 Å². The molecule has 3 nitrogen and oxygen atoms in total. The minimum atomic E-state index is -0.571. The zero-order valence-corrected chi connectivity index (χ0v) is 10.7. The van der Waals surface area contributed by atoms with Crippen LogP contribution in [0.5, 0.6) is 0 Å². The number of hydrogen-bond donors (Lipinski definition) is 1. The van der Waals surface area contributed by atoms with Crippen LogP contribution in [0.1, 0.15) is 15.9 Å². The molecule has 0 spiro atoms. The van der Waals surface area contributed by atoms with Crippen molar-refractivity contribution in [2.24, 2.45) is 0 Å². The van der Waals surface area contributed by atoms with Gasteiger partial charge in [0.2, 0.25) is 0 Å². The summed E-state index contributed by atoms with van der Waals surface area (Å²) in [6.45, 7) is -0.0152. The highest BCUT2D eigenvalue weighted by atomic mass is 35.5. The monoisotopic (exact) mass is 279 g/mol. The van der Waals surface area contributed by atoms with Gasteiger partial charge in [0.05, 0.1) is 5.56 Å². The lowest BCUT2D eigenvalue weighted by Crippen LogP contribution is -2.08. The fraction of sp³-hybridized carbons (Fsp3) is 0.0714. The average Bonchev–Trinajstić information content (AvgIpc) is 2.36. The van der Waals surface area contributed by atoms with Gasteiger partial charge in [-0.15, -0.1) is 0 Å². The molecule has 5 heteroatoms. The Balaban J connectivity index is 2.05. The van der Waals surface area contributed by atoms with E-state index in [9.17, 15) is 9.18 Å². The van der Waals surface area contributed by atoms with Gasteiger partial charge in [0.15, 0.2) is 0 Å². The van der Waals surface area contributed by atoms with Crippen molar-refractivity contribution in [3.63, 3.8) is 0 Å². The minimum Gasteiger partial charge on any atom is -0.457 e. The molecule has 2 aromatic rings. The Hall–Kier alpha value is -2.07. The van der Waals surface area contributed by atoms with E-state index in [0.29, 0.717) is 10.6 Å². The van der Waals surface area contributed by atoms with Crippen molar-refractivity contribution < 1.29 is 13.9 Å². The highest BCUT2D eigenvalue weighted by molar-refractivity contribution is 6.31. The molecule has 0 amide bonds. The lowest BCUT2D eigenvalue weighted by Gasteiger charge is -2.07. The largest absolute Gasteiger partial charge is 0.457 e. The van der Waals surface area contributed by atoms with Crippen LogP contribution in [-0.2, 0) is 11.3 Å². The summed E-state index contributed by atoms with van der Waals surface area (Å²) in [5.74, 6) is -0.946. The SMILES string of the molecule is Nc1cc(Cl)ccc1C(=O)OCc1cccc(F)c1. The molecule has 0 saturated carbocycles. The van der Waals surface area contributed by atoms with Gasteiger partial charge >= 0.3 is 5.97 Å². The first kappa shape index (κ1) is 13.4. The first-order chi connectivity index (χ1) is 9.06. The number of nitrogen functional groups attached to an aromatic ring is 1. The molecule has 0 heterocycles. The molecule has 2 rings (SSSR count). The molecule has 98 valence electrons. The second-order valence-electron chi connectivity index (χ2n) is 3.94. The van der Waals surface area contributed by atoms with Gasteiger partial charge in [0.25, 0.3) is 0 Å². The number of carbonyl (C=O) groups is 1. The van der Waals surface area contributed by atoms with E-state index >= 15 is 0 Å². The first-order valence-electron chi connectivity index (χ1n) is 5.53. The van der Waals surface area contributed by atoms with E-state index in [4.69, 9.17) is 22.1 Å². The number of halogens is 2. The molecule has 0 fully saturated rings. The summed E-state index contributed by atoms with van der Waals surface area (Å²) < 4.78 is 18.0. The van der Waals surface area contributed by atoms with Crippen LogP contribution in [0.2, 0.25) is 5.02 Å². The fourth-order valence-electron chi connectivity index (χ4n) is 1.57. The molecule has 19 heavy (non-hydrogen) atoms. The van der Waals surface area contributed by atoms with Crippen molar-refractivity contribution in [1.82, 2.24) is 0 Å². The Morgan fingerprint density at radius 3 is 2.74 bits per heavy atom. The summed E-state index contributed by atoms with van der Waals surface area (Å²) in [6, 6.07) is 10.4. The molecule has 2 N–H and O–H groups in total. The van der Waals surface area contributed by atoms with Crippen molar-refractivity contribution in [3.05, 3.63) is 64.4 Å². The number of hydrogen-bond acceptors (Lipinski definition) is 3. The quantitative estimate of drug-likeness (QED) is 0.692. The maximum Gasteiger partial charge on any atom is 0.340 e. The lowest BCUT2D eigenvalue weighted by atomic mass is 10.2. The standard InChI is InChI=1S/C14H11ClFNO2/c15-10-4-5-12(13(17)7-10)14(18)19-8-9-2-1-3-11(16)6-9/h1-7H,8,17H2. The fourth-order valence-corrected chi connectivity index (χ4v) is 1.75. The Bertz CT molecular complexity index is 616. The van der Waals surface area contributed by atoms with Gasteiger partial charge in [-0.1, -0.05) is 23.7 Å². The molecule has 0 atom stereocenters. The van der Waals surface area contributed by atoms with E-state index in [1.807, 2.05) is 0 Å². The Kier molecular flexibility index (Phi) is 4.02. The maximum atomic E-state index is 12.9. The van der Waals surface area contributed by atoms with Gasteiger partial charge in [-0.05, 0) is 35.9 Å². The molecule has 0 unspecified atom stereocenters. The van der Waals surface area contributed by atoms with E-state index in [1.165, 1.54) is 24.3 Å². The van der Waals surface area contributed by atoms with Crippen LogP contribution in [-0.4, -0.2) is 5.97 Å². The summed E-state index contributed by atoms with van der Waals surface area (Å²) >= 11 is 5.74. The molecule has 2 aromatic carbocycles. The Labute approximate surface area is 114 Å². The number of esters is 1. The number of carbonyl (C=O) groups excluding carboxylic acids is 1. The van der Waals surface area contributed by atoms with E-state index in [1.54, 1.807) is 18.2 Å². The van der Waals surface area contributed by atoms with E-state index < -0.39 is 5.97 Å². The Morgan fingerprint density at radius 2 is 2.05 bits per heavy atom. The van der Waals surface area contributed by atoms with Crippen molar-refractivity contribution >= 4 is 23.3 Å². The van der Waals surface area contributed by atoms with Crippen molar-refractivity contribution in [2.45, 2.75) is 6.61 Å². The predicted molar refractivity (Wildman–Crippen MR) is 71.4 cm³/mol. The first-order valence-corrected chi connectivity index (χ1v) is 5.90. The lowest BCUT2D eigenvalue weighted by molar-refractivity contribution is 0.0473. The van der Waals surface area contributed by atoms with E-state index in [2.05, 4.69) is 0 Å². The second-order valence-corrected chi connectivity index (χ2v) is 4.37. The zero-order chi connectivity index (χ0) is 13.8. The zero-order valence-electron chi connectivity index (χ0n) is 9.90. The number of rotatable bonds is 3. The molecule has 0 saturated heterocycles. The Morgan fingerprint density at radius 1 is 1.26 bits per heavy atom. The van der Waals surface area contributed by atoms with Gasteiger partial charge in [-0.2, -0.15) is 0 Å². The average molecular weight is 280 g/mol. The molecular formula is C14H11ClFNO2. The molecule has 0 aliphatic rings. The highest BCUT2D eigenvalue weighted by Crippen LogP contribution is 2.19. The van der Waals surface area contributed by atoms with Gasteiger partial charge in [0, 0.05) is 10.7 Å². The van der Waals surface area contributed by atoms with Crippen LogP contribution in [0.4, 0.5) is 10.1 Å². The number of anilines is 1. The van der Waals surface area contributed by atoms with Crippen LogP contribution in [0.15, 0.2) is 42.5 Å². The van der Waals surface area contributed by atoms with Crippen molar-refractivity contribution in [3.8, 4) is 0 Å². The number of nitrogens with two attached hydrogens (primary N) is 1. The van der Waals surface area contributed by atoms with Crippen LogP contribution >= 0.6 is 11.6 Å². The summed E-state index contributed by atoms with van der Waals surface area (Å²) in [5, 5.41) is 0.444. The van der Waals surface area contributed by atoms with Gasteiger partial charge in [-0.25, -0.2) is 9.18 Å². The van der Waals surface area contributed by atoms with E-state index in [-0.39, 0.29) is 23.7 Å². The molecule has 0 aliphatic carbocycles. The molecule has 0 aromatic heterocycles. The number of ether oxygens (including phenoxy) is 1. The maximum absolute atomic E-state index is 12.9. The van der Waals surface area contributed by atoms with Crippen LogP contribution in [0.3, 0.4) is 0 Å². The normalized spacial score (nSPS) is 10.2. The molecule has 0 aliphatic heterocycles. The summed E-state index contributed by atoms with van der Waals surface area (Å²) in [6.07, 6.45) is 0. The third-order valence-corrected chi connectivity index (χ3v) is 2.73. The second kappa shape index (κ2) is 5.71. The van der Waals surface area contributed by atoms with Crippen LogP contribution < -0.4 is 5.73 Å².